The number of carbonyl (C=O) groups is 2. The molecule has 2 aromatic rings. The fourth-order valence-corrected chi connectivity index (χ4v) is 7.77. The zero-order chi connectivity index (χ0) is 31.6. The summed E-state index contributed by atoms with van der Waals surface area (Å²) in [5, 5.41) is 3.62. The molecule has 2 aromatic carbocycles. The number of amides is 2. The molecule has 1 saturated carbocycles. The number of nitrogens with zero attached hydrogens (tertiary/aromatic N) is 3. The van der Waals surface area contributed by atoms with E-state index >= 15 is 0 Å². The van der Waals surface area contributed by atoms with Crippen molar-refractivity contribution in [2.45, 2.75) is 71.6 Å². The Morgan fingerprint density at radius 1 is 1.00 bits per heavy atom. The Morgan fingerprint density at radius 2 is 1.64 bits per heavy atom. The van der Waals surface area contributed by atoms with E-state index in [1.165, 1.54) is 0 Å². The van der Waals surface area contributed by atoms with E-state index in [0.29, 0.717) is 34.0 Å². The van der Waals surface area contributed by atoms with Gasteiger partial charge in [0, 0.05) is 53.0 Å². The Morgan fingerprint density at radius 3 is 2.20 bits per heavy atom. The van der Waals surface area contributed by atoms with Gasteiger partial charge in [-0.2, -0.15) is 0 Å². The SMILES string of the molecule is [B]C(=O)N1CCC(N2CCC(C#Cc3ccc(C(=O)NC4C(C)(C)C(Oc5ccc([N+]#[C-])c(Cl)c5)C4(C)C)cc3)CC2)CC1. The van der Waals surface area contributed by atoms with Crippen molar-refractivity contribution in [1.29, 1.82) is 0 Å². The van der Waals surface area contributed by atoms with E-state index in [-0.39, 0.29) is 34.7 Å². The summed E-state index contributed by atoms with van der Waals surface area (Å²) in [7, 11) is 5.42. The average molecular weight is 611 g/mol. The molecule has 0 bridgehead atoms. The van der Waals surface area contributed by atoms with Gasteiger partial charge < -0.3 is 19.9 Å². The Bertz CT molecular complexity index is 1470. The van der Waals surface area contributed by atoms with Gasteiger partial charge in [-0.25, -0.2) is 4.85 Å². The molecule has 2 amide bonds. The second kappa shape index (κ2) is 12.9. The van der Waals surface area contributed by atoms with Crippen molar-refractivity contribution in [3.63, 3.8) is 0 Å². The van der Waals surface area contributed by atoms with Gasteiger partial charge in [-0.15, -0.1) is 0 Å². The fraction of sp³-hybridized carbons (Fsp3) is 0.514. The third kappa shape index (κ3) is 6.63. The normalized spacial score (nSPS) is 23.4. The number of benzene rings is 2. The summed E-state index contributed by atoms with van der Waals surface area (Å²) in [4.78, 5) is 32.4. The van der Waals surface area contributed by atoms with Gasteiger partial charge in [-0.1, -0.05) is 57.2 Å². The highest BCUT2D eigenvalue weighted by Gasteiger charge is 2.64. The van der Waals surface area contributed by atoms with E-state index in [1.807, 2.05) is 24.3 Å². The van der Waals surface area contributed by atoms with E-state index in [9.17, 15) is 9.59 Å². The predicted octanol–water partition coefficient (Wildman–Crippen LogP) is 6.32. The van der Waals surface area contributed by atoms with Crippen LogP contribution in [0.2, 0.25) is 5.02 Å². The molecule has 1 N–H and O–H groups in total. The quantitative estimate of drug-likeness (QED) is 0.245. The maximum absolute atomic E-state index is 13.3. The molecule has 228 valence electrons. The second-order valence-electron chi connectivity index (χ2n) is 13.5. The molecule has 5 rings (SSSR count). The summed E-state index contributed by atoms with van der Waals surface area (Å²) < 4.78 is 6.35. The Hall–Kier alpha value is -3.46. The van der Waals surface area contributed by atoms with Crippen LogP contribution in [0.1, 0.15) is 69.3 Å². The minimum Gasteiger partial charge on any atom is -0.489 e. The molecule has 0 unspecified atom stereocenters. The van der Waals surface area contributed by atoms with E-state index < -0.39 is 0 Å². The first-order valence-corrected chi connectivity index (χ1v) is 15.8. The van der Waals surface area contributed by atoms with Crippen molar-refractivity contribution in [3.8, 4) is 17.6 Å². The standard InChI is InChI=1S/C35H40BClN4O3/c1-34(2)31(35(3,4)32(34)44-27-12-13-29(38-5)28(37)22-27)39-30(42)25-10-8-23(9-11-25)6-7-24-14-18-40(19-15-24)26-16-20-41(21-17-26)33(36)43/h8-13,22,24,26,31-32H,14-21H2,1-4H3,(H,39,42). The number of ether oxygens (including phenoxy) is 1. The number of hydrogen-bond donors (Lipinski definition) is 1. The van der Waals surface area contributed by atoms with E-state index in [4.69, 9.17) is 30.8 Å². The smallest absolute Gasteiger partial charge is 0.251 e. The molecular weight excluding hydrogens is 571 g/mol. The molecule has 44 heavy (non-hydrogen) atoms. The number of rotatable bonds is 5. The topological polar surface area (TPSA) is 66.2 Å². The van der Waals surface area contributed by atoms with E-state index in [2.05, 4.69) is 54.6 Å². The van der Waals surface area contributed by atoms with Gasteiger partial charge in [0.25, 0.3) is 5.91 Å². The number of piperidine rings is 2. The van der Waals surface area contributed by atoms with Crippen molar-refractivity contribution in [3.05, 3.63) is 70.0 Å². The van der Waals surface area contributed by atoms with Crippen LogP contribution < -0.4 is 10.1 Å². The molecular formula is C35H40BClN4O3. The first-order chi connectivity index (χ1) is 20.9. The number of likely N-dealkylation sites (tertiary alicyclic amines) is 2. The number of carbonyl (C=O) groups excluding carboxylic acids is 2. The maximum Gasteiger partial charge on any atom is 0.251 e. The molecule has 3 fully saturated rings. The van der Waals surface area contributed by atoms with Gasteiger partial charge in [0.1, 0.15) is 11.9 Å². The Balaban J connectivity index is 1.12. The Labute approximate surface area is 267 Å². The van der Waals surface area contributed by atoms with Gasteiger partial charge >= 0.3 is 0 Å². The van der Waals surface area contributed by atoms with Crippen molar-refractivity contribution >= 4 is 36.8 Å². The van der Waals surface area contributed by atoms with E-state index in [0.717, 1.165) is 57.4 Å². The first-order valence-electron chi connectivity index (χ1n) is 15.4. The monoisotopic (exact) mass is 610 g/mol. The molecule has 9 heteroatoms. The molecule has 1 aliphatic carbocycles. The fourth-order valence-electron chi connectivity index (χ4n) is 7.55. The number of hydrogen-bond acceptors (Lipinski definition) is 4. The summed E-state index contributed by atoms with van der Waals surface area (Å²) >= 11 is 6.22. The van der Waals surface area contributed by atoms with Crippen LogP contribution in [0.15, 0.2) is 42.5 Å². The summed E-state index contributed by atoms with van der Waals surface area (Å²) in [6, 6.07) is 13.1. The minimum atomic E-state index is -0.327. The molecule has 0 aromatic heterocycles. The van der Waals surface area contributed by atoms with Gasteiger partial charge in [-0.05, 0) is 75.2 Å². The van der Waals surface area contributed by atoms with Crippen molar-refractivity contribution in [1.82, 2.24) is 15.1 Å². The van der Waals surface area contributed by atoms with Crippen molar-refractivity contribution in [2.75, 3.05) is 26.2 Å². The molecule has 0 atom stereocenters. The second-order valence-corrected chi connectivity index (χ2v) is 13.9. The third-order valence-corrected chi connectivity index (χ3v) is 10.1. The van der Waals surface area contributed by atoms with Crippen molar-refractivity contribution < 1.29 is 14.3 Å². The first kappa shape index (κ1) is 32.0. The van der Waals surface area contributed by atoms with Crippen LogP contribution in [-0.4, -0.2) is 73.7 Å². The van der Waals surface area contributed by atoms with Crippen LogP contribution >= 0.6 is 11.6 Å². The maximum atomic E-state index is 13.3. The van der Waals surface area contributed by atoms with Crippen LogP contribution in [0.3, 0.4) is 0 Å². The molecule has 2 radical (unpaired) electrons. The zero-order valence-corrected chi connectivity index (χ0v) is 26.8. The van der Waals surface area contributed by atoms with Gasteiger partial charge in [0.15, 0.2) is 5.81 Å². The van der Waals surface area contributed by atoms with Crippen LogP contribution in [0.25, 0.3) is 4.85 Å². The lowest BCUT2D eigenvalue weighted by molar-refractivity contribution is -0.164. The van der Waals surface area contributed by atoms with Gasteiger partial charge in [0.2, 0.25) is 13.5 Å². The highest BCUT2D eigenvalue weighted by molar-refractivity contribution is 6.56. The zero-order valence-electron chi connectivity index (χ0n) is 26.0. The lowest BCUT2D eigenvalue weighted by atomic mass is 9.49. The average Bonchev–Trinajstić information content (AvgIpc) is 3.01. The Kier molecular flexibility index (Phi) is 9.35. The van der Waals surface area contributed by atoms with Crippen LogP contribution in [0, 0.1) is 35.2 Å². The molecule has 2 aliphatic heterocycles. The molecule has 3 aliphatic rings. The lowest BCUT2D eigenvalue weighted by Crippen LogP contribution is -2.74. The van der Waals surface area contributed by atoms with Crippen molar-refractivity contribution in [2.24, 2.45) is 16.7 Å². The summed E-state index contributed by atoms with van der Waals surface area (Å²) in [6.07, 6.45) is 3.89. The van der Waals surface area contributed by atoms with E-state index in [1.54, 1.807) is 23.1 Å². The third-order valence-electron chi connectivity index (χ3n) is 9.80. The largest absolute Gasteiger partial charge is 0.489 e. The number of nitrogens with one attached hydrogen (secondary N) is 1. The number of halogens is 1. The van der Waals surface area contributed by atoms with Crippen LogP contribution in [-0.2, 0) is 0 Å². The molecule has 2 heterocycles. The molecule has 0 spiro atoms. The summed E-state index contributed by atoms with van der Waals surface area (Å²) in [5.41, 5.74) is 1.25. The minimum absolute atomic E-state index is 0.105. The van der Waals surface area contributed by atoms with Gasteiger partial charge in [0.05, 0.1) is 11.6 Å². The summed E-state index contributed by atoms with van der Waals surface area (Å²) in [5.74, 6) is 7.32. The van der Waals surface area contributed by atoms with Crippen LogP contribution in [0.4, 0.5) is 10.5 Å². The van der Waals surface area contributed by atoms with Crippen LogP contribution in [0.5, 0.6) is 5.75 Å². The highest BCUT2D eigenvalue weighted by atomic mass is 35.5. The predicted molar refractivity (Wildman–Crippen MR) is 174 cm³/mol. The van der Waals surface area contributed by atoms with Gasteiger partial charge in [-0.3, -0.25) is 9.59 Å². The highest BCUT2D eigenvalue weighted by Crippen LogP contribution is 2.55. The summed E-state index contributed by atoms with van der Waals surface area (Å²) in [6.45, 7) is 19.1. The lowest BCUT2D eigenvalue weighted by Gasteiger charge is -2.63. The molecule has 7 nitrogen and oxygen atoms in total. The molecule has 2 saturated heterocycles.